The van der Waals surface area contributed by atoms with Crippen molar-refractivity contribution in [3.63, 3.8) is 0 Å². The Bertz CT molecular complexity index is 1030. The number of rotatable bonds is 5. The molecule has 0 aliphatic rings. The van der Waals surface area contributed by atoms with Crippen LogP contribution in [0.25, 0.3) is 0 Å². The van der Waals surface area contributed by atoms with E-state index in [9.17, 15) is 9.00 Å². The Hall–Kier alpha value is -2.09. The van der Waals surface area contributed by atoms with Crippen LogP contribution < -0.4 is 15.6 Å². The molecule has 2 N–H and O–H groups in total. The zero-order chi connectivity index (χ0) is 18.8. The summed E-state index contributed by atoms with van der Waals surface area (Å²) in [4.78, 5) is 12.4. The zero-order valence-electron chi connectivity index (χ0n) is 14.5. The summed E-state index contributed by atoms with van der Waals surface area (Å²) in [6.45, 7) is 3.68. The van der Waals surface area contributed by atoms with Crippen LogP contribution >= 0.6 is 22.9 Å². The number of hydrogen-bond acceptors (Lipinski definition) is 4. The van der Waals surface area contributed by atoms with Crippen molar-refractivity contribution in [3.8, 4) is 0 Å². The molecule has 0 radical (unpaired) electrons. The number of benzene rings is 1. The summed E-state index contributed by atoms with van der Waals surface area (Å²) in [6.07, 6.45) is 0. The summed E-state index contributed by atoms with van der Waals surface area (Å²) < 4.78 is 17.7. The van der Waals surface area contributed by atoms with Crippen LogP contribution in [0.1, 0.15) is 11.1 Å². The molecule has 3 rings (SSSR count). The number of pyridine rings is 1. The highest BCUT2D eigenvalue weighted by Crippen LogP contribution is 2.30. The van der Waals surface area contributed by atoms with Crippen molar-refractivity contribution in [2.24, 2.45) is 7.05 Å². The van der Waals surface area contributed by atoms with Crippen LogP contribution in [0.15, 0.2) is 50.8 Å². The van der Waals surface area contributed by atoms with Gasteiger partial charge in [0.25, 0.3) is 5.56 Å². The Kier molecular flexibility index (Phi) is 5.50. The van der Waals surface area contributed by atoms with Crippen molar-refractivity contribution in [1.29, 1.82) is 0 Å². The van der Waals surface area contributed by atoms with E-state index in [2.05, 4.69) is 10.0 Å². The van der Waals surface area contributed by atoms with Gasteiger partial charge < -0.3 is 5.32 Å². The average molecular weight is 408 g/mol. The summed E-state index contributed by atoms with van der Waals surface area (Å²) in [7, 11) is 0.242. The van der Waals surface area contributed by atoms with Crippen molar-refractivity contribution in [1.82, 2.24) is 4.57 Å². The predicted molar refractivity (Wildman–Crippen MR) is 110 cm³/mol. The number of halogens is 1. The third-order valence-electron chi connectivity index (χ3n) is 3.85. The van der Waals surface area contributed by atoms with E-state index in [4.69, 9.17) is 11.6 Å². The second-order valence-corrected chi connectivity index (χ2v) is 8.66. The van der Waals surface area contributed by atoms with Crippen LogP contribution in [0.3, 0.4) is 0 Å². The maximum Gasteiger partial charge on any atom is 0.254 e. The lowest BCUT2D eigenvalue weighted by atomic mass is 10.2. The Morgan fingerprint density at radius 1 is 1.15 bits per heavy atom. The molecule has 0 saturated carbocycles. The van der Waals surface area contributed by atoms with Gasteiger partial charge in [0.1, 0.15) is 10.0 Å². The Morgan fingerprint density at radius 3 is 2.58 bits per heavy atom. The SMILES string of the molecule is Cc1ccc(Nc2c(NS(=O)c3cccs3)cc(C)c(=O)n2C)c(Cl)c1. The molecule has 1 atom stereocenters. The minimum atomic E-state index is -1.42. The number of aromatic nitrogens is 1. The highest BCUT2D eigenvalue weighted by molar-refractivity contribution is 7.88. The molecule has 0 saturated heterocycles. The number of thiophene rings is 1. The number of anilines is 3. The molecule has 26 heavy (non-hydrogen) atoms. The minimum absolute atomic E-state index is 0.136. The Balaban J connectivity index is 2.03. The fourth-order valence-corrected chi connectivity index (χ4v) is 4.52. The van der Waals surface area contributed by atoms with Crippen molar-refractivity contribution >= 4 is 51.1 Å². The Morgan fingerprint density at radius 2 is 1.92 bits per heavy atom. The molecule has 1 unspecified atom stereocenters. The average Bonchev–Trinajstić information content (AvgIpc) is 3.13. The third-order valence-corrected chi connectivity index (χ3v) is 6.48. The first-order chi connectivity index (χ1) is 12.4. The largest absolute Gasteiger partial charge is 0.339 e. The molecular weight excluding hydrogens is 390 g/mol. The lowest BCUT2D eigenvalue weighted by Gasteiger charge is -2.18. The molecule has 2 aromatic heterocycles. The summed E-state index contributed by atoms with van der Waals surface area (Å²) in [5.74, 6) is 0.497. The highest BCUT2D eigenvalue weighted by atomic mass is 35.5. The molecular formula is C18H18ClN3O2S2. The van der Waals surface area contributed by atoms with Gasteiger partial charge in [-0.15, -0.1) is 11.3 Å². The fraction of sp³-hybridized carbons (Fsp3) is 0.167. The molecule has 8 heteroatoms. The van der Waals surface area contributed by atoms with E-state index in [1.807, 2.05) is 36.6 Å². The molecule has 3 aromatic rings. The van der Waals surface area contributed by atoms with Crippen LogP contribution in [0.2, 0.25) is 5.02 Å². The first-order valence-electron chi connectivity index (χ1n) is 7.82. The van der Waals surface area contributed by atoms with E-state index in [1.54, 1.807) is 26.1 Å². The number of nitrogens with one attached hydrogen (secondary N) is 2. The molecule has 5 nitrogen and oxygen atoms in total. The molecule has 0 amide bonds. The highest BCUT2D eigenvalue weighted by Gasteiger charge is 2.15. The lowest BCUT2D eigenvalue weighted by Crippen LogP contribution is -2.23. The summed E-state index contributed by atoms with van der Waals surface area (Å²) in [5.41, 5.74) is 2.69. The number of hydrogen-bond donors (Lipinski definition) is 2. The van der Waals surface area contributed by atoms with Gasteiger partial charge in [-0.1, -0.05) is 23.7 Å². The van der Waals surface area contributed by atoms with Gasteiger partial charge in [-0.2, -0.15) is 0 Å². The van der Waals surface area contributed by atoms with Crippen molar-refractivity contribution in [2.45, 2.75) is 18.1 Å². The first kappa shape index (κ1) is 18.7. The maximum absolute atomic E-state index is 12.6. The smallest absolute Gasteiger partial charge is 0.254 e. The third kappa shape index (κ3) is 3.85. The van der Waals surface area contributed by atoms with Gasteiger partial charge in [0.05, 0.1) is 16.4 Å². The van der Waals surface area contributed by atoms with E-state index in [0.29, 0.717) is 32.0 Å². The molecule has 136 valence electrons. The zero-order valence-corrected chi connectivity index (χ0v) is 16.9. The van der Waals surface area contributed by atoms with Crippen molar-refractivity contribution < 1.29 is 4.21 Å². The van der Waals surface area contributed by atoms with Gasteiger partial charge >= 0.3 is 0 Å². The Labute approximate surface area is 163 Å². The van der Waals surface area contributed by atoms with Crippen LogP contribution in [-0.4, -0.2) is 8.78 Å². The quantitative estimate of drug-likeness (QED) is 0.649. The lowest BCUT2D eigenvalue weighted by molar-refractivity contribution is 0.687. The van der Waals surface area contributed by atoms with Gasteiger partial charge in [0, 0.05) is 12.6 Å². The second-order valence-electron chi connectivity index (χ2n) is 5.86. The van der Waals surface area contributed by atoms with Gasteiger partial charge in [-0.05, 0) is 49.1 Å². The topological polar surface area (TPSA) is 63.1 Å². The minimum Gasteiger partial charge on any atom is -0.339 e. The van der Waals surface area contributed by atoms with E-state index in [0.717, 1.165) is 5.56 Å². The van der Waals surface area contributed by atoms with Crippen molar-refractivity contribution in [2.75, 3.05) is 10.0 Å². The second kappa shape index (κ2) is 7.65. The molecule has 0 spiro atoms. The van der Waals surface area contributed by atoms with Crippen molar-refractivity contribution in [3.05, 3.63) is 68.3 Å². The van der Waals surface area contributed by atoms with Gasteiger partial charge in [0.15, 0.2) is 11.0 Å². The monoisotopic (exact) mass is 407 g/mol. The molecule has 0 aliphatic carbocycles. The van der Waals surface area contributed by atoms with Crippen LogP contribution in [0, 0.1) is 13.8 Å². The summed E-state index contributed by atoms with van der Waals surface area (Å²) >= 11 is 7.72. The van der Waals surface area contributed by atoms with Gasteiger partial charge in [-0.3, -0.25) is 14.1 Å². The first-order valence-corrected chi connectivity index (χ1v) is 10.2. The normalized spacial score (nSPS) is 12.0. The van der Waals surface area contributed by atoms with E-state index in [1.165, 1.54) is 15.9 Å². The molecule has 0 bridgehead atoms. The molecule has 0 fully saturated rings. The number of aryl methyl sites for hydroxylation is 2. The fourth-order valence-electron chi connectivity index (χ4n) is 2.49. The summed E-state index contributed by atoms with van der Waals surface area (Å²) in [6, 6.07) is 11.0. The van der Waals surface area contributed by atoms with Gasteiger partial charge in [0.2, 0.25) is 0 Å². The molecule has 2 heterocycles. The van der Waals surface area contributed by atoms with E-state index in [-0.39, 0.29) is 5.56 Å². The van der Waals surface area contributed by atoms with Crippen LogP contribution in [-0.2, 0) is 18.0 Å². The maximum atomic E-state index is 12.6. The van der Waals surface area contributed by atoms with Crippen LogP contribution in [0.4, 0.5) is 17.2 Å². The van der Waals surface area contributed by atoms with E-state index < -0.39 is 11.0 Å². The predicted octanol–water partition coefficient (Wildman–Crippen LogP) is 4.60. The number of nitrogens with zero attached hydrogens (tertiary/aromatic N) is 1. The molecule has 0 aliphatic heterocycles. The van der Waals surface area contributed by atoms with Gasteiger partial charge in [-0.25, -0.2) is 4.21 Å². The van der Waals surface area contributed by atoms with E-state index >= 15 is 0 Å². The summed E-state index contributed by atoms with van der Waals surface area (Å²) in [5, 5.41) is 5.60. The molecule has 1 aromatic carbocycles. The van der Waals surface area contributed by atoms with Crippen LogP contribution in [0.5, 0.6) is 0 Å². The standard InChI is InChI=1S/C18H18ClN3O2S2/c1-11-6-7-14(13(19)9-11)20-17-15(10-12(2)18(23)22(17)3)21-26(24)16-5-4-8-25-16/h4-10,20-21H,1-3H3.